The van der Waals surface area contributed by atoms with E-state index in [1.807, 2.05) is 61.5 Å². The number of carbonyl (C=O) groups is 2. The number of nitrogens with one attached hydrogen (secondary N) is 1. The van der Waals surface area contributed by atoms with Gasteiger partial charge in [-0.15, -0.1) is 0 Å². The van der Waals surface area contributed by atoms with Crippen LogP contribution < -0.4 is 10.1 Å². The fourth-order valence-electron chi connectivity index (χ4n) is 2.91. The molecule has 2 aromatic rings. The van der Waals surface area contributed by atoms with Gasteiger partial charge in [-0.2, -0.15) is 0 Å². The van der Waals surface area contributed by atoms with E-state index in [0.29, 0.717) is 25.9 Å². The van der Waals surface area contributed by atoms with Crippen molar-refractivity contribution in [2.24, 2.45) is 0 Å². The molecule has 5 heteroatoms. The summed E-state index contributed by atoms with van der Waals surface area (Å²) in [6.07, 6.45) is 1.01. The van der Waals surface area contributed by atoms with Crippen LogP contribution in [0.2, 0.25) is 0 Å². The molecule has 0 fully saturated rings. The molecule has 2 amide bonds. The maximum atomic E-state index is 12.9. The molecule has 0 saturated heterocycles. The fraction of sp³-hybridized carbons (Fsp3) is 0.364. The molecule has 0 bridgehead atoms. The van der Waals surface area contributed by atoms with E-state index in [4.69, 9.17) is 4.74 Å². The summed E-state index contributed by atoms with van der Waals surface area (Å²) in [6.45, 7) is 4.54. The number of nitrogens with zero attached hydrogens (tertiary/aromatic N) is 1. The van der Waals surface area contributed by atoms with Crippen LogP contribution in [-0.4, -0.2) is 36.4 Å². The Balaban J connectivity index is 2.14. The molecule has 1 unspecified atom stereocenters. The van der Waals surface area contributed by atoms with Crippen LogP contribution in [0, 0.1) is 0 Å². The van der Waals surface area contributed by atoms with Gasteiger partial charge in [-0.25, -0.2) is 0 Å². The molecule has 0 aromatic heterocycles. The van der Waals surface area contributed by atoms with E-state index in [1.165, 1.54) is 0 Å². The topological polar surface area (TPSA) is 58.6 Å². The Morgan fingerprint density at radius 1 is 1.07 bits per heavy atom. The molecule has 0 aliphatic carbocycles. The first-order chi connectivity index (χ1) is 13.0. The van der Waals surface area contributed by atoms with Gasteiger partial charge in [-0.3, -0.25) is 9.59 Å². The lowest BCUT2D eigenvalue weighted by Gasteiger charge is -2.29. The second kappa shape index (κ2) is 10.4. The number of benzene rings is 2. The molecule has 144 valence electrons. The van der Waals surface area contributed by atoms with Gasteiger partial charge < -0.3 is 15.0 Å². The minimum atomic E-state index is -0.542. The molecule has 5 nitrogen and oxygen atoms in total. The number of ether oxygens (including phenoxy) is 1. The smallest absolute Gasteiger partial charge is 0.242 e. The van der Waals surface area contributed by atoms with Crippen molar-refractivity contribution in [3.63, 3.8) is 0 Å². The molecule has 0 saturated carbocycles. The van der Waals surface area contributed by atoms with E-state index in [1.54, 1.807) is 18.9 Å². The van der Waals surface area contributed by atoms with Gasteiger partial charge in [0.15, 0.2) is 0 Å². The van der Waals surface area contributed by atoms with Crippen molar-refractivity contribution >= 4 is 11.8 Å². The summed E-state index contributed by atoms with van der Waals surface area (Å²) in [5.41, 5.74) is 2.04. The van der Waals surface area contributed by atoms with Gasteiger partial charge in [0.25, 0.3) is 0 Å². The molecule has 0 aliphatic rings. The van der Waals surface area contributed by atoms with Gasteiger partial charge in [-0.1, -0.05) is 42.5 Å². The predicted octanol–water partition coefficient (Wildman–Crippen LogP) is 3.18. The van der Waals surface area contributed by atoms with Crippen LogP contribution in [0.1, 0.15) is 31.4 Å². The number of hydrogen-bond donors (Lipinski definition) is 1. The minimum Gasteiger partial charge on any atom is -0.497 e. The monoisotopic (exact) mass is 368 g/mol. The van der Waals surface area contributed by atoms with E-state index in [0.717, 1.165) is 16.9 Å². The summed E-state index contributed by atoms with van der Waals surface area (Å²) in [5, 5.41) is 2.81. The summed E-state index contributed by atoms with van der Waals surface area (Å²) in [7, 11) is 1.61. The molecule has 0 spiro atoms. The van der Waals surface area contributed by atoms with Gasteiger partial charge in [-0.05, 0) is 43.5 Å². The lowest BCUT2D eigenvalue weighted by Crippen LogP contribution is -2.47. The van der Waals surface area contributed by atoms with Crippen molar-refractivity contribution in [1.82, 2.24) is 10.2 Å². The quantitative estimate of drug-likeness (QED) is 0.740. The van der Waals surface area contributed by atoms with E-state index in [2.05, 4.69) is 5.32 Å². The third-order valence-electron chi connectivity index (χ3n) is 4.48. The number of aryl methyl sites for hydroxylation is 1. The Kier molecular flexibility index (Phi) is 7.86. The van der Waals surface area contributed by atoms with Crippen LogP contribution in [0.4, 0.5) is 0 Å². The molecule has 0 heterocycles. The molecule has 2 aromatic carbocycles. The van der Waals surface area contributed by atoms with Crippen molar-refractivity contribution in [2.45, 2.75) is 39.3 Å². The highest BCUT2D eigenvalue weighted by atomic mass is 16.5. The molecule has 2 rings (SSSR count). The number of methoxy groups -OCH3 is 1. The SMILES string of the molecule is CCNC(=O)C(C)N(Cc1cccc(OC)c1)C(=O)CCc1ccccc1. The van der Waals surface area contributed by atoms with Crippen LogP contribution >= 0.6 is 0 Å². The van der Waals surface area contributed by atoms with Gasteiger partial charge in [0.2, 0.25) is 11.8 Å². The third kappa shape index (κ3) is 6.13. The maximum absolute atomic E-state index is 12.9. The van der Waals surface area contributed by atoms with E-state index >= 15 is 0 Å². The highest BCUT2D eigenvalue weighted by Gasteiger charge is 2.25. The van der Waals surface area contributed by atoms with E-state index in [9.17, 15) is 9.59 Å². The van der Waals surface area contributed by atoms with Crippen molar-refractivity contribution < 1.29 is 14.3 Å². The molecule has 1 N–H and O–H groups in total. The fourth-order valence-corrected chi connectivity index (χ4v) is 2.91. The first-order valence-corrected chi connectivity index (χ1v) is 9.29. The Hall–Kier alpha value is -2.82. The average molecular weight is 368 g/mol. The number of rotatable bonds is 9. The summed E-state index contributed by atoms with van der Waals surface area (Å²) in [4.78, 5) is 26.9. The van der Waals surface area contributed by atoms with Gasteiger partial charge in [0.1, 0.15) is 11.8 Å². The van der Waals surface area contributed by atoms with Crippen molar-refractivity contribution in [3.8, 4) is 5.75 Å². The van der Waals surface area contributed by atoms with Crippen molar-refractivity contribution in [3.05, 3.63) is 65.7 Å². The second-order valence-electron chi connectivity index (χ2n) is 6.43. The normalized spacial score (nSPS) is 11.5. The first kappa shape index (κ1) is 20.5. The van der Waals surface area contributed by atoms with Crippen LogP contribution in [0.25, 0.3) is 0 Å². The Bertz CT molecular complexity index is 746. The van der Waals surface area contributed by atoms with Crippen LogP contribution in [-0.2, 0) is 22.6 Å². The summed E-state index contributed by atoms with van der Waals surface area (Å²) in [5.74, 6) is 0.545. The number of amides is 2. The minimum absolute atomic E-state index is 0.0413. The second-order valence-corrected chi connectivity index (χ2v) is 6.43. The summed E-state index contributed by atoms with van der Waals surface area (Å²) < 4.78 is 5.27. The average Bonchev–Trinajstić information content (AvgIpc) is 2.70. The van der Waals surface area contributed by atoms with Crippen LogP contribution in [0.5, 0.6) is 5.75 Å². The predicted molar refractivity (Wildman–Crippen MR) is 106 cm³/mol. The largest absolute Gasteiger partial charge is 0.497 e. The lowest BCUT2D eigenvalue weighted by molar-refractivity contribution is -0.140. The zero-order valence-electron chi connectivity index (χ0n) is 16.3. The highest BCUT2D eigenvalue weighted by Crippen LogP contribution is 2.17. The summed E-state index contributed by atoms with van der Waals surface area (Å²) >= 11 is 0. The number of likely N-dealkylation sites (N-methyl/N-ethyl adjacent to an activating group) is 1. The zero-order valence-corrected chi connectivity index (χ0v) is 16.3. The van der Waals surface area contributed by atoms with Crippen LogP contribution in [0.3, 0.4) is 0 Å². The number of hydrogen-bond acceptors (Lipinski definition) is 3. The Morgan fingerprint density at radius 3 is 2.44 bits per heavy atom. The van der Waals surface area contributed by atoms with Crippen LogP contribution in [0.15, 0.2) is 54.6 Å². The molecular weight excluding hydrogens is 340 g/mol. The molecule has 27 heavy (non-hydrogen) atoms. The maximum Gasteiger partial charge on any atom is 0.242 e. The van der Waals surface area contributed by atoms with E-state index < -0.39 is 6.04 Å². The van der Waals surface area contributed by atoms with Crippen molar-refractivity contribution in [1.29, 1.82) is 0 Å². The first-order valence-electron chi connectivity index (χ1n) is 9.29. The van der Waals surface area contributed by atoms with Gasteiger partial charge in [0, 0.05) is 19.5 Å². The standard InChI is InChI=1S/C22H28N2O3/c1-4-23-22(26)17(2)24(16-19-11-8-12-20(15-19)27-3)21(25)14-13-18-9-6-5-7-10-18/h5-12,15,17H,4,13-14,16H2,1-3H3,(H,23,26). The summed E-state index contributed by atoms with van der Waals surface area (Å²) in [6, 6.07) is 16.9. The lowest BCUT2D eigenvalue weighted by atomic mass is 10.1. The molecular formula is C22H28N2O3. The van der Waals surface area contributed by atoms with Crippen molar-refractivity contribution in [2.75, 3.05) is 13.7 Å². The highest BCUT2D eigenvalue weighted by molar-refractivity contribution is 5.87. The third-order valence-corrected chi connectivity index (χ3v) is 4.48. The molecule has 0 aliphatic heterocycles. The van der Waals surface area contributed by atoms with Gasteiger partial charge >= 0.3 is 0 Å². The Labute approximate surface area is 161 Å². The number of carbonyl (C=O) groups excluding carboxylic acids is 2. The molecule has 0 radical (unpaired) electrons. The Morgan fingerprint density at radius 2 is 1.78 bits per heavy atom. The van der Waals surface area contributed by atoms with Gasteiger partial charge in [0.05, 0.1) is 7.11 Å². The van der Waals surface area contributed by atoms with E-state index in [-0.39, 0.29) is 11.8 Å². The molecule has 1 atom stereocenters. The zero-order chi connectivity index (χ0) is 19.6.